The lowest BCUT2D eigenvalue weighted by Crippen LogP contribution is -2.32. The zero-order chi connectivity index (χ0) is 16.1. The fourth-order valence-corrected chi connectivity index (χ4v) is 3.99. The predicted molar refractivity (Wildman–Crippen MR) is 88.6 cm³/mol. The van der Waals surface area contributed by atoms with Crippen LogP contribution in [-0.2, 0) is 14.3 Å². The van der Waals surface area contributed by atoms with Gasteiger partial charge in [-0.25, -0.2) is 0 Å². The number of amides is 2. The first-order valence-electron chi connectivity index (χ1n) is 7.86. The Bertz CT molecular complexity index is 556. The van der Waals surface area contributed by atoms with E-state index < -0.39 is 0 Å². The van der Waals surface area contributed by atoms with Gasteiger partial charge in [-0.1, -0.05) is 29.5 Å². The van der Waals surface area contributed by atoms with Gasteiger partial charge in [0.2, 0.25) is 16.9 Å². The molecule has 0 radical (unpaired) electrons. The number of hydrogen-bond donors (Lipinski definition) is 2. The summed E-state index contributed by atoms with van der Waals surface area (Å²) >= 11 is 2.63. The van der Waals surface area contributed by atoms with Gasteiger partial charge < -0.3 is 15.4 Å². The fraction of sp³-hybridized carbons (Fsp3) is 0.714. The van der Waals surface area contributed by atoms with Crippen molar-refractivity contribution in [1.82, 2.24) is 15.5 Å². The van der Waals surface area contributed by atoms with Gasteiger partial charge in [0.1, 0.15) is 0 Å². The van der Waals surface area contributed by atoms with E-state index in [1.165, 1.54) is 23.1 Å². The number of ether oxygens (including phenoxy) is 1. The van der Waals surface area contributed by atoms with Crippen molar-refractivity contribution in [2.45, 2.75) is 42.5 Å². The van der Waals surface area contributed by atoms with E-state index >= 15 is 0 Å². The molecule has 1 saturated carbocycles. The Balaban J connectivity index is 1.36. The molecule has 3 rings (SSSR count). The number of rotatable bonds is 7. The largest absolute Gasteiger partial charge is 0.376 e. The predicted octanol–water partition coefficient (Wildman–Crippen LogP) is 1.66. The van der Waals surface area contributed by atoms with Crippen LogP contribution in [0.1, 0.15) is 32.1 Å². The van der Waals surface area contributed by atoms with E-state index in [-0.39, 0.29) is 29.6 Å². The number of anilines is 1. The summed E-state index contributed by atoms with van der Waals surface area (Å²) in [6.07, 6.45) is 5.26. The molecule has 1 aromatic heterocycles. The number of hydrogen-bond acceptors (Lipinski definition) is 7. The monoisotopic (exact) mass is 356 g/mol. The van der Waals surface area contributed by atoms with Crippen LogP contribution in [0.5, 0.6) is 0 Å². The molecule has 2 heterocycles. The van der Waals surface area contributed by atoms with E-state index in [2.05, 4.69) is 20.8 Å². The van der Waals surface area contributed by atoms with Crippen LogP contribution < -0.4 is 10.6 Å². The Hall–Kier alpha value is -1.19. The molecule has 1 atom stereocenters. The first-order chi connectivity index (χ1) is 11.2. The topological polar surface area (TPSA) is 93.2 Å². The molecule has 0 bridgehead atoms. The highest BCUT2D eigenvalue weighted by atomic mass is 32.2. The van der Waals surface area contributed by atoms with Gasteiger partial charge in [0.05, 0.1) is 11.9 Å². The van der Waals surface area contributed by atoms with Gasteiger partial charge in [-0.05, 0) is 25.7 Å². The van der Waals surface area contributed by atoms with E-state index in [9.17, 15) is 9.59 Å². The first-order valence-corrected chi connectivity index (χ1v) is 9.66. The van der Waals surface area contributed by atoms with Gasteiger partial charge in [-0.15, -0.1) is 10.2 Å². The molecule has 0 aromatic carbocycles. The molecule has 7 nitrogen and oxygen atoms in total. The third kappa shape index (κ3) is 4.89. The number of nitrogens with zero attached hydrogens (tertiary/aromatic N) is 2. The third-order valence-corrected chi connectivity index (χ3v) is 5.96. The van der Waals surface area contributed by atoms with Crippen molar-refractivity contribution in [1.29, 1.82) is 0 Å². The van der Waals surface area contributed by atoms with Crippen LogP contribution in [0.4, 0.5) is 5.13 Å². The van der Waals surface area contributed by atoms with Crippen molar-refractivity contribution >= 4 is 40.0 Å². The summed E-state index contributed by atoms with van der Waals surface area (Å²) < 4.78 is 6.14. The minimum absolute atomic E-state index is 0.0262. The van der Waals surface area contributed by atoms with Crippen molar-refractivity contribution in [3.63, 3.8) is 0 Å². The maximum atomic E-state index is 11.8. The molecule has 1 unspecified atom stereocenters. The Kier molecular flexibility index (Phi) is 5.85. The number of thioether (sulfide) groups is 1. The fourth-order valence-electron chi connectivity index (χ4n) is 2.41. The maximum Gasteiger partial charge on any atom is 0.230 e. The molecule has 9 heteroatoms. The molecule has 2 aliphatic rings. The summed E-state index contributed by atoms with van der Waals surface area (Å²) in [5, 5.41) is 14.1. The van der Waals surface area contributed by atoms with Crippen LogP contribution in [0.2, 0.25) is 0 Å². The van der Waals surface area contributed by atoms with E-state index in [0.717, 1.165) is 38.7 Å². The maximum absolute atomic E-state index is 11.8. The molecular weight excluding hydrogens is 336 g/mol. The highest BCUT2D eigenvalue weighted by Gasteiger charge is 2.26. The quantitative estimate of drug-likeness (QED) is 0.570. The molecular formula is C14H20N4O3S2. The lowest BCUT2D eigenvalue weighted by Gasteiger charge is -2.23. The summed E-state index contributed by atoms with van der Waals surface area (Å²) in [7, 11) is 0. The average Bonchev–Trinajstić information content (AvgIpc) is 3.12. The minimum Gasteiger partial charge on any atom is -0.376 e. The zero-order valence-corrected chi connectivity index (χ0v) is 14.4. The van der Waals surface area contributed by atoms with Gasteiger partial charge in [0.15, 0.2) is 4.34 Å². The number of nitrogens with one attached hydrogen (secondary N) is 2. The van der Waals surface area contributed by atoms with Crippen LogP contribution in [0.3, 0.4) is 0 Å². The Morgan fingerprint density at radius 2 is 2.13 bits per heavy atom. The second-order valence-electron chi connectivity index (χ2n) is 5.72. The Morgan fingerprint density at radius 3 is 2.83 bits per heavy atom. The summed E-state index contributed by atoms with van der Waals surface area (Å²) in [5.41, 5.74) is 0. The SMILES string of the molecule is O=C(CSc1nnc(NC(=O)C2CCC2)s1)NCC1CCCO1. The molecule has 1 aliphatic heterocycles. The summed E-state index contributed by atoms with van der Waals surface area (Å²) in [6, 6.07) is 0. The molecule has 1 saturated heterocycles. The van der Waals surface area contributed by atoms with Crippen LogP contribution in [0, 0.1) is 5.92 Å². The van der Waals surface area contributed by atoms with Gasteiger partial charge in [0.25, 0.3) is 0 Å². The van der Waals surface area contributed by atoms with Crippen LogP contribution in [0.25, 0.3) is 0 Å². The van der Waals surface area contributed by atoms with Gasteiger partial charge in [-0.3, -0.25) is 9.59 Å². The van der Waals surface area contributed by atoms with Crippen molar-refractivity contribution in [2.24, 2.45) is 5.92 Å². The zero-order valence-electron chi connectivity index (χ0n) is 12.7. The van der Waals surface area contributed by atoms with E-state index in [1.807, 2.05) is 0 Å². The third-order valence-electron chi connectivity index (χ3n) is 3.99. The summed E-state index contributed by atoms with van der Waals surface area (Å²) in [5.74, 6) is 0.398. The highest BCUT2D eigenvalue weighted by Crippen LogP contribution is 2.29. The molecule has 2 N–H and O–H groups in total. The Labute approximate surface area is 143 Å². The van der Waals surface area contributed by atoms with Crippen molar-refractivity contribution in [2.75, 3.05) is 24.2 Å². The van der Waals surface area contributed by atoms with Crippen LogP contribution >= 0.6 is 23.1 Å². The second kappa shape index (κ2) is 8.07. The summed E-state index contributed by atoms with van der Waals surface area (Å²) in [6.45, 7) is 1.35. The molecule has 0 spiro atoms. The molecule has 2 amide bonds. The first kappa shape index (κ1) is 16.7. The lowest BCUT2D eigenvalue weighted by atomic mass is 9.85. The molecule has 23 heavy (non-hydrogen) atoms. The number of carbonyl (C=O) groups is 2. The van der Waals surface area contributed by atoms with E-state index in [1.54, 1.807) is 0 Å². The minimum atomic E-state index is -0.0410. The van der Waals surface area contributed by atoms with Gasteiger partial charge >= 0.3 is 0 Å². The van der Waals surface area contributed by atoms with Crippen molar-refractivity contribution in [3.05, 3.63) is 0 Å². The van der Waals surface area contributed by atoms with Crippen molar-refractivity contribution in [3.8, 4) is 0 Å². The number of carbonyl (C=O) groups excluding carboxylic acids is 2. The molecule has 1 aliphatic carbocycles. The Morgan fingerprint density at radius 1 is 1.26 bits per heavy atom. The van der Waals surface area contributed by atoms with Gasteiger partial charge in [0, 0.05) is 19.1 Å². The normalized spacial score (nSPS) is 21.0. The van der Waals surface area contributed by atoms with E-state index in [4.69, 9.17) is 4.74 Å². The highest BCUT2D eigenvalue weighted by molar-refractivity contribution is 8.01. The average molecular weight is 356 g/mol. The van der Waals surface area contributed by atoms with Gasteiger partial charge in [-0.2, -0.15) is 0 Å². The lowest BCUT2D eigenvalue weighted by molar-refractivity contribution is -0.122. The smallest absolute Gasteiger partial charge is 0.230 e. The molecule has 126 valence electrons. The molecule has 1 aromatic rings. The van der Waals surface area contributed by atoms with Crippen molar-refractivity contribution < 1.29 is 14.3 Å². The standard InChI is InChI=1S/C14H20N4O3S2/c19-11(15-7-10-5-2-6-21-10)8-22-14-18-17-13(23-14)16-12(20)9-3-1-4-9/h9-10H,1-8H2,(H,15,19)(H,16,17,20). The molecule has 2 fully saturated rings. The van der Waals surface area contributed by atoms with Crippen LogP contribution in [-0.4, -0.2) is 47.0 Å². The van der Waals surface area contributed by atoms with Crippen LogP contribution in [0.15, 0.2) is 4.34 Å². The summed E-state index contributed by atoms with van der Waals surface area (Å²) in [4.78, 5) is 23.6. The van der Waals surface area contributed by atoms with E-state index in [0.29, 0.717) is 16.0 Å². The number of aromatic nitrogens is 2. The second-order valence-corrected chi connectivity index (χ2v) is 7.92.